The van der Waals surface area contributed by atoms with Gasteiger partial charge in [-0.2, -0.15) is 0 Å². The van der Waals surface area contributed by atoms with E-state index in [1.807, 2.05) is 30.3 Å². The van der Waals surface area contributed by atoms with Crippen molar-refractivity contribution in [2.45, 2.75) is 19.4 Å². The zero-order chi connectivity index (χ0) is 13.7. The number of carbonyl (C=O) groups excluding carboxylic acids is 1. The first kappa shape index (κ1) is 13.4. The Kier molecular flexibility index (Phi) is 4.39. The van der Waals surface area contributed by atoms with E-state index >= 15 is 0 Å². The Labute approximate surface area is 113 Å². The fourth-order valence-corrected chi connectivity index (χ4v) is 2.28. The molecule has 0 atom stereocenters. The van der Waals surface area contributed by atoms with Crippen molar-refractivity contribution < 1.29 is 4.79 Å². The second-order valence-corrected chi connectivity index (χ2v) is 4.86. The molecule has 5 heteroatoms. The molecule has 1 heterocycles. The van der Waals surface area contributed by atoms with Gasteiger partial charge in [0.1, 0.15) is 0 Å². The van der Waals surface area contributed by atoms with Crippen LogP contribution < -0.4 is 11.1 Å². The lowest BCUT2D eigenvalue weighted by molar-refractivity contribution is 0.179. The van der Waals surface area contributed by atoms with Crippen molar-refractivity contribution >= 4 is 11.9 Å². The Balaban J connectivity index is 1.77. The standard InChI is InChI=1S/C14H20N4O/c15-13(16)12-6-8-18(9-7-12)14(19)17-10-11-4-2-1-3-5-11/h1-5,12H,6-10H2,(H3,15,16)(H,17,19). The quantitative estimate of drug-likeness (QED) is 0.569. The highest BCUT2D eigenvalue weighted by Gasteiger charge is 2.23. The molecule has 0 aromatic heterocycles. The summed E-state index contributed by atoms with van der Waals surface area (Å²) in [7, 11) is 0. The normalized spacial score (nSPS) is 16.1. The van der Waals surface area contributed by atoms with E-state index < -0.39 is 0 Å². The zero-order valence-corrected chi connectivity index (χ0v) is 10.9. The molecule has 102 valence electrons. The summed E-state index contributed by atoms with van der Waals surface area (Å²) >= 11 is 0. The SMILES string of the molecule is N=C(N)C1CCN(C(=O)NCc2ccccc2)CC1. The average molecular weight is 260 g/mol. The van der Waals surface area contributed by atoms with E-state index in [1.165, 1.54) is 0 Å². The predicted molar refractivity (Wildman–Crippen MR) is 74.9 cm³/mol. The number of piperidine rings is 1. The summed E-state index contributed by atoms with van der Waals surface area (Å²) in [6.07, 6.45) is 1.57. The summed E-state index contributed by atoms with van der Waals surface area (Å²) in [6, 6.07) is 9.81. The lowest BCUT2D eigenvalue weighted by atomic mass is 9.96. The van der Waals surface area contributed by atoms with Gasteiger partial charge in [0.25, 0.3) is 0 Å². The molecule has 1 aromatic rings. The van der Waals surface area contributed by atoms with Gasteiger partial charge in [0.2, 0.25) is 0 Å². The van der Waals surface area contributed by atoms with Crippen molar-refractivity contribution in [1.82, 2.24) is 10.2 Å². The van der Waals surface area contributed by atoms with Gasteiger partial charge in [0, 0.05) is 25.6 Å². The van der Waals surface area contributed by atoms with Crippen LogP contribution >= 0.6 is 0 Å². The summed E-state index contributed by atoms with van der Waals surface area (Å²) in [5, 5.41) is 10.3. The van der Waals surface area contributed by atoms with E-state index in [2.05, 4.69) is 5.32 Å². The Hall–Kier alpha value is -2.04. The first-order chi connectivity index (χ1) is 9.16. The first-order valence-electron chi connectivity index (χ1n) is 6.57. The van der Waals surface area contributed by atoms with E-state index in [4.69, 9.17) is 11.1 Å². The summed E-state index contributed by atoms with van der Waals surface area (Å²) in [5.74, 6) is 0.377. The molecular weight excluding hydrogens is 240 g/mol. The van der Waals surface area contributed by atoms with E-state index in [9.17, 15) is 4.79 Å². The van der Waals surface area contributed by atoms with Crippen LogP contribution in [0.25, 0.3) is 0 Å². The molecule has 0 spiro atoms. The number of benzene rings is 1. The van der Waals surface area contributed by atoms with Crippen LogP contribution in [0.5, 0.6) is 0 Å². The molecule has 4 N–H and O–H groups in total. The number of nitrogens with zero attached hydrogens (tertiary/aromatic N) is 1. The molecule has 1 aliphatic heterocycles. The van der Waals surface area contributed by atoms with E-state index in [0.29, 0.717) is 19.6 Å². The fourth-order valence-electron chi connectivity index (χ4n) is 2.28. The molecule has 1 aliphatic rings. The number of hydrogen-bond donors (Lipinski definition) is 3. The van der Waals surface area contributed by atoms with Gasteiger partial charge in [0.05, 0.1) is 5.84 Å². The summed E-state index contributed by atoms with van der Waals surface area (Å²) in [6.45, 7) is 1.89. The van der Waals surface area contributed by atoms with Crippen LogP contribution in [0.3, 0.4) is 0 Å². The largest absolute Gasteiger partial charge is 0.387 e. The van der Waals surface area contributed by atoms with Gasteiger partial charge >= 0.3 is 6.03 Å². The molecule has 19 heavy (non-hydrogen) atoms. The highest BCUT2D eigenvalue weighted by atomic mass is 16.2. The van der Waals surface area contributed by atoms with Crippen molar-refractivity contribution in [3.63, 3.8) is 0 Å². The number of nitrogens with one attached hydrogen (secondary N) is 2. The molecule has 0 bridgehead atoms. The number of nitrogens with two attached hydrogens (primary N) is 1. The third kappa shape index (κ3) is 3.71. The highest BCUT2D eigenvalue weighted by Crippen LogP contribution is 2.16. The van der Waals surface area contributed by atoms with Gasteiger partial charge in [-0.15, -0.1) is 0 Å². The van der Waals surface area contributed by atoms with Crippen LogP contribution in [-0.2, 0) is 6.54 Å². The molecule has 2 amide bonds. The predicted octanol–water partition coefficient (Wildman–Crippen LogP) is 1.54. The molecule has 0 unspecified atom stereocenters. The summed E-state index contributed by atoms with van der Waals surface area (Å²) < 4.78 is 0. The van der Waals surface area contributed by atoms with Crippen molar-refractivity contribution in [2.75, 3.05) is 13.1 Å². The topological polar surface area (TPSA) is 82.2 Å². The minimum absolute atomic E-state index is 0.0362. The number of likely N-dealkylation sites (tertiary alicyclic amines) is 1. The van der Waals surface area contributed by atoms with Crippen LogP contribution in [-0.4, -0.2) is 29.9 Å². The maximum absolute atomic E-state index is 12.0. The van der Waals surface area contributed by atoms with E-state index in [-0.39, 0.29) is 17.8 Å². The number of rotatable bonds is 3. The van der Waals surface area contributed by atoms with Crippen molar-refractivity contribution in [2.24, 2.45) is 11.7 Å². The van der Waals surface area contributed by atoms with Gasteiger partial charge in [-0.3, -0.25) is 5.41 Å². The molecule has 0 saturated carbocycles. The average Bonchev–Trinajstić information content (AvgIpc) is 2.46. The molecule has 5 nitrogen and oxygen atoms in total. The number of amides is 2. The minimum atomic E-state index is -0.0362. The van der Waals surface area contributed by atoms with Crippen LogP contribution in [0.4, 0.5) is 4.79 Å². The van der Waals surface area contributed by atoms with Crippen molar-refractivity contribution in [3.05, 3.63) is 35.9 Å². The number of carbonyl (C=O) groups is 1. The lowest BCUT2D eigenvalue weighted by Crippen LogP contribution is -2.45. The number of amidine groups is 1. The highest BCUT2D eigenvalue weighted by molar-refractivity contribution is 5.80. The minimum Gasteiger partial charge on any atom is -0.387 e. The van der Waals surface area contributed by atoms with E-state index in [1.54, 1.807) is 4.90 Å². The maximum Gasteiger partial charge on any atom is 0.317 e. The first-order valence-corrected chi connectivity index (χ1v) is 6.57. The van der Waals surface area contributed by atoms with Gasteiger partial charge in [0.15, 0.2) is 0 Å². The molecule has 0 radical (unpaired) electrons. The molecule has 2 rings (SSSR count). The zero-order valence-electron chi connectivity index (χ0n) is 10.9. The number of hydrogen-bond acceptors (Lipinski definition) is 2. The second-order valence-electron chi connectivity index (χ2n) is 4.86. The summed E-state index contributed by atoms with van der Waals surface area (Å²) in [4.78, 5) is 13.8. The van der Waals surface area contributed by atoms with Crippen molar-refractivity contribution in [3.8, 4) is 0 Å². The Morgan fingerprint density at radius 1 is 1.32 bits per heavy atom. The van der Waals surface area contributed by atoms with Gasteiger partial charge < -0.3 is 16.0 Å². The van der Waals surface area contributed by atoms with E-state index in [0.717, 1.165) is 18.4 Å². The smallest absolute Gasteiger partial charge is 0.317 e. The third-order valence-corrected chi connectivity index (χ3v) is 3.51. The van der Waals surface area contributed by atoms with Crippen LogP contribution in [0.15, 0.2) is 30.3 Å². The molecule has 0 aliphatic carbocycles. The second kappa shape index (κ2) is 6.22. The molecular formula is C14H20N4O. The van der Waals surface area contributed by atoms with Crippen molar-refractivity contribution in [1.29, 1.82) is 5.41 Å². The Morgan fingerprint density at radius 3 is 2.53 bits per heavy atom. The Morgan fingerprint density at radius 2 is 1.95 bits per heavy atom. The maximum atomic E-state index is 12.0. The summed E-state index contributed by atoms with van der Waals surface area (Å²) in [5.41, 5.74) is 6.58. The van der Waals surface area contributed by atoms with Gasteiger partial charge in [-0.1, -0.05) is 30.3 Å². The molecule has 1 aromatic carbocycles. The van der Waals surface area contributed by atoms with Gasteiger partial charge in [-0.05, 0) is 18.4 Å². The Bertz CT molecular complexity index is 438. The van der Waals surface area contributed by atoms with Crippen LogP contribution in [0.1, 0.15) is 18.4 Å². The molecule has 1 saturated heterocycles. The van der Waals surface area contributed by atoms with Gasteiger partial charge in [-0.25, -0.2) is 4.79 Å². The third-order valence-electron chi connectivity index (χ3n) is 3.51. The van der Waals surface area contributed by atoms with Crippen LogP contribution in [0.2, 0.25) is 0 Å². The number of urea groups is 1. The molecule has 1 fully saturated rings. The lowest BCUT2D eigenvalue weighted by Gasteiger charge is -2.31. The monoisotopic (exact) mass is 260 g/mol. The fraction of sp³-hybridized carbons (Fsp3) is 0.429. The van der Waals surface area contributed by atoms with Crippen LogP contribution in [0, 0.1) is 11.3 Å².